The predicted octanol–water partition coefficient (Wildman–Crippen LogP) is 3.15. The standard InChI is InChI=1S/C20H20F2N2O4.2C8H10N4O/c1-10(4-11-6-17(23-2)13(19(25)26)8-15(11)21)5-12-7-18(24-3)14(20(27)28)9-16(12)22;2*9-7(5-13)1-2-8(10)12-4-3-11-6-12/h6-9,23-24H,1,4-5H2,2-3H3,(H,25,26)(H,27,28);2*1-6H,9-10H2/b;2*7-1-,8-2+. The van der Waals surface area contributed by atoms with Crippen molar-refractivity contribution in [3.8, 4) is 0 Å². The van der Waals surface area contributed by atoms with Gasteiger partial charge in [0.25, 0.3) is 0 Å². The third-order valence-electron chi connectivity index (χ3n) is 7.02. The van der Waals surface area contributed by atoms with Gasteiger partial charge in [-0.25, -0.2) is 28.3 Å². The van der Waals surface area contributed by atoms with E-state index in [-0.39, 0.29) is 57.9 Å². The van der Waals surface area contributed by atoms with Gasteiger partial charge in [-0.15, -0.1) is 0 Å². The molecule has 284 valence electrons. The monoisotopic (exact) mass is 746 g/mol. The number of benzene rings is 2. The van der Waals surface area contributed by atoms with Crippen molar-refractivity contribution >= 4 is 47.5 Å². The summed E-state index contributed by atoms with van der Waals surface area (Å²) < 4.78 is 31.8. The molecule has 0 saturated heterocycles. The quantitative estimate of drug-likeness (QED) is 0.0399. The highest BCUT2D eigenvalue weighted by Crippen LogP contribution is 2.26. The van der Waals surface area contributed by atoms with Crippen molar-refractivity contribution in [2.75, 3.05) is 24.7 Å². The third-order valence-corrected chi connectivity index (χ3v) is 7.02. The first-order valence-electron chi connectivity index (χ1n) is 15.5. The number of nitrogens with one attached hydrogen (secondary N) is 2. The van der Waals surface area contributed by atoms with Crippen LogP contribution in [-0.4, -0.2) is 67.9 Å². The van der Waals surface area contributed by atoms with Crippen molar-refractivity contribution in [2.24, 2.45) is 22.9 Å². The SMILES string of the molecule is C=C(Cc1cc(NC)c(C(=O)O)cc1F)Cc1cc(NC)c(C(=O)O)cc1F.N/C(C=O)=C\C=C(/N)n1ccnc1.N/C(C=O)=C\C=C(/N)n1ccnc1. The fourth-order valence-corrected chi connectivity index (χ4v) is 4.31. The average molecular weight is 747 g/mol. The number of hydrogen-bond donors (Lipinski definition) is 8. The van der Waals surface area contributed by atoms with E-state index < -0.39 is 23.6 Å². The Hall–Kier alpha value is -7.50. The van der Waals surface area contributed by atoms with Crippen LogP contribution in [0.5, 0.6) is 0 Å². The smallest absolute Gasteiger partial charge is 0.337 e. The number of carboxylic acid groups (broad SMARTS) is 2. The Morgan fingerprint density at radius 2 is 1.09 bits per heavy atom. The first kappa shape index (κ1) is 42.7. The summed E-state index contributed by atoms with van der Waals surface area (Å²) in [6.07, 6.45) is 16.9. The molecule has 18 heteroatoms. The van der Waals surface area contributed by atoms with Crippen LogP contribution < -0.4 is 33.6 Å². The lowest BCUT2D eigenvalue weighted by Gasteiger charge is -2.13. The molecule has 0 atom stereocenters. The lowest BCUT2D eigenvalue weighted by atomic mass is 9.96. The van der Waals surface area contributed by atoms with E-state index in [2.05, 4.69) is 27.2 Å². The Labute approximate surface area is 308 Å². The molecule has 2 aromatic carbocycles. The minimum Gasteiger partial charge on any atom is -0.478 e. The molecular formula is C36H40F2N10O6. The van der Waals surface area contributed by atoms with Crippen LogP contribution in [-0.2, 0) is 22.4 Å². The summed E-state index contributed by atoms with van der Waals surface area (Å²) in [5.41, 5.74) is 23.0. The van der Waals surface area contributed by atoms with Crippen LogP contribution in [0.2, 0.25) is 0 Å². The number of carbonyl (C=O) groups excluding carboxylic acids is 2. The molecule has 2 aromatic heterocycles. The van der Waals surface area contributed by atoms with Crippen LogP contribution in [0.1, 0.15) is 31.8 Å². The fourth-order valence-electron chi connectivity index (χ4n) is 4.31. The van der Waals surface area contributed by atoms with Gasteiger partial charge in [0.05, 0.1) is 22.5 Å². The number of nitrogens with zero attached hydrogens (tertiary/aromatic N) is 4. The topological polar surface area (TPSA) is 273 Å². The van der Waals surface area contributed by atoms with Gasteiger partial charge in [0.2, 0.25) is 0 Å². The van der Waals surface area contributed by atoms with Gasteiger partial charge in [0.1, 0.15) is 35.9 Å². The van der Waals surface area contributed by atoms with Crippen LogP contribution >= 0.6 is 0 Å². The van der Waals surface area contributed by atoms with Crippen molar-refractivity contribution in [2.45, 2.75) is 12.8 Å². The molecule has 4 rings (SSSR count). The zero-order valence-electron chi connectivity index (χ0n) is 29.2. The number of imidazole rings is 2. The highest BCUT2D eigenvalue weighted by atomic mass is 19.1. The molecule has 0 amide bonds. The maximum Gasteiger partial charge on any atom is 0.337 e. The molecule has 0 aliphatic rings. The number of carboxylic acids is 2. The van der Waals surface area contributed by atoms with E-state index in [4.69, 9.17) is 33.1 Å². The molecular weight excluding hydrogens is 706 g/mol. The predicted molar refractivity (Wildman–Crippen MR) is 200 cm³/mol. The number of hydrogen-bond acceptors (Lipinski definition) is 12. The first-order chi connectivity index (χ1) is 25.6. The van der Waals surface area contributed by atoms with E-state index in [0.29, 0.717) is 29.8 Å². The van der Waals surface area contributed by atoms with Gasteiger partial charge < -0.3 is 43.8 Å². The Morgan fingerprint density at radius 1 is 0.722 bits per heavy atom. The van der Waals surface area contributed by atoms with E-state index in [0.717, 1.165) is 12.1 Å². The van der Waals surface area contributed by atoms with E-state index in [1.54, 1.807) is 46.6 Å². The number of allylic oxidation sites excluding steroid dienone is 7. The van der Waals surface area contributed by atoms with Crippen molar-refractivity contribution in [3.63, 3.8) is 0 Å². The molecule has 16 nitrogen and oxygen atoms in total. The van der Waals surface area contributed by atoms with Crippen LogP contribution in [0, 0.1) is 11.6 Å². The van der Waals surface area contributed by atoms with Crippen LogP contribution in [0.4, 0.5) is 20.2 Å². The highest BCUT2D eigenvalue weighted by molar-refractivity contribution is 5.95. The Balaban J connectivity index is 0.000000321. The number of aldehydes is 2. The van der Waals surface area contributed by atoms with E-state index in [1.807, 2.05) is 0 Å². The number of rotatable bonds is 14. The minimum absolute atomic E-state index is 0.0649. The Morgan fingerprint density at radius 3 is 1.37 bits per heavy atom. The molecule has 0 radical (unpaired) electrons. The zero-order valence-corrected chi connectivity index (χ0v) is 29.2. The largest absolute Gasteiger partial charge is 0.478 e. The maximum absolute atomic E-state index is 14.3. The van der Waals surface area contributed by atoms with Gasteiger partial charge in [0, 0.05) is 50.3 Å². The highest BCUT2D eigenvalue weighted by Gasteiger charge is 2.18. The summed E-state index contributed by atoms with van der Waals surface area (Å²) in [5, 5.41) is 23.6. The maximum atomic E-state index is 14.3. The molecule has 0 unspecified atom stereocenters. The van der Waals surface area contributed by atoms with E-state index in [1.165, 1.54) is 50.5 Å². The van der Waals surface area contributed by atoms with E-state index >= 15 is 0 Å². The van der Waals surface area contributed by atoms with Gasteiger partial charge in [-0.1, -0.05) is 12.2 Å². The second kappa shape index (κ2) is 21.0. The van der Waals surface area contributed by atoms with Crippen LogP contribution in [0.25, 0.3) is 11.6 Å². The van der Waals surface area contributed by atoms with Crippen molar-refractivity contribution < 1.29 is 38.2 Å². The Bertz CT molecular complexity index is 1930. The first-order valence-corrected chi connectivity index (χ1v) is 15.5. The minimum atomic E-state index is -1.26. The normalized spacial score (nSPS) is 11.6. The lowest BCUT2D eigenvalue weighted by Crippen LogP contribution is -2.08. The number of aromatic carboxylic acids is 2. The van der Waals surface area contributed by atoms with Gasteiger partial charge >= 0.3 is 11.9 Å². The van der Waals surface area contributed by atoms with Gasteiger partial charge in [-0.05, 0) is 72.5 Å². The summed E-state index contributed by atoms with van der Waals surface area (Å²) in [4.78, 5) is 50.2. The molecule has 12 N–H and O–H groups in total. The summed E-state index contributed by atoms with van der Waals surface area (Å²) in [5.74, 6) is -3.02. The number of nitrogens with two attached hydrogens (primary N) is 4. The molecule has 0 aliphatic carbocycles. The van der Waals surface area contributed by atoms with Gasteiger partial charge in [0.15, 0.2) is 12.6 Å². The van der Waals surface area contributed by atoms with Crippen LogP contribution in [0.15, 0.2) is 110 Å². The molecule has 54 heavy (non-hydrogen) atoms. The van der Waals surface area contributed by atoms with Crippen molar-refractivity contribution in [1.82, 2.24) is 19.1 Å². The zero-order chi connectivity index (χ0) is 40.4. The summed E-state index contributed by atoms with van der Waals surface area (Å²) in [6, 6.07) is 4.62. The number of carbonyl (C=O) groups is 4. The van der Waals surface area contributed by atoms with Crippen molar-refractivity contribution in [3.05, 3.63) is 143 Å². The second-order valence-electron chi connectivity index (χ2n) is 10.9. The van der Waals surface area contributed by atoms with Gasteiger partial charge in [-0.2, -0.15) is 0 Å². The summed E-state index contributed by atoms with van der Waals surface area (Å²) in [7, 11) is 3.05. The number of aromatic nitrogens is 4. The average Bonchev–Trinajstić information content (AvgIpc) is 3.90. The molecule has 2 heterocycles. The molecule has 4 aromatic rings. The van der Waals surface area contributed by atoms with Crippen molar-refractivity contribution in [1.29, 1.82) is 0 Å². The molecule has 0 fully saturated rings. The summed E-state index contributed by atoms with van der Waals surface area (Å²) >= 11 is 0. The van der Waals surface area contributed by atoms with Crippen LogP contribution in [0.3, 0.4) is 0 Å². The fraction of sp³-hybridized carbons (Fsp3) is 0.111. The lowest BCUT2D eigenvalue weighted by molar-refractivity contribution is -0.105. The second-order valence-corrected chi connectivity index (χ2v) is 10.9. The molecule has 0 bridgehead atoms. The van der Waals surface area contributed by atoms with Gasteiger partial charge in [-0.3, -0.25) is 18.7 Å². The third kappa shape index (κ3) is 13.0. The molecule has 0 spiro atoms. The number of halogens is 2. The number of anilines is 2. The Kier molecular flexibility index (Phi) is 16.6. The molecule has 0 aliphatic heterocycles. The summed E-state index contributed by atoms with van der Waals surface area (Å²) in [6.45, 7) is 3.85. The molecule has 0 saturated carbocycles. The van der Waals surface area contributed by atoms with E-state index in [9.17, 15) is 28.0 Å².